The molecule has 2 aromatic carbocycles. The maximum Gasteiger partial charge on any atom is 0.179 e. The van der Waals surface area contributed by atoms with Crippen molar-refractivity contribution >= 4 is 17.3 Å². The molecule has 0 amide bonds. The van der Waals surface area contributed by atoms with Gasteiger partial charge in [0.05, 0.1) is 10.7 Å². The predicted octanol–water partition coefficient (Wildman–Crippen LogP) is 4.00. The first-order valence-electron chi connectivity index (χ1n) is 6.40. The van der Waals surface area contributed by atoms with Gasteiger partial charge in [0.25, 0.3) is 0 Å². The SMILES string of the molecule is Fc1ccc(F)c(NCc2cc(Cl)c3c(c2)OCCO3)c1. The van der Waals surface area contributed by atoms with Crippen molar-refractivity contribution in [2.75, 3.05) is 18.5 Å². The maximum absolute atomic E-state index is 13.5. The van der Waals surface area contributed by atoms with Gasteiger partial charge in [-0.05, 0) is 35.9 Å². The van der Waals surface area contributed by atoms with Crippen LogP contribution in [0.3, 0.4) is 0 Å². The standard InChI is InChI=1S/C15H12ClF2NO2/c16-11-5-9(6-14-15(11)21-4-3-20-14)8-19-13-7-10(17)1-2-12(13)18/h1-2,5-7,19H,3-4,8H2. The maximum atomic E-state index is 13.5. The molecule has 0 spiro atoms. The van der Waals surface area contributed by atoms with E-state index in [1.807, 2.05) is 0 Å². The minimum absolute atomic E-state index is 0.0982. The molecule has 21 heavy (non-hydrogen) atoms. The summed E-state index contributed by atoms with van der Waals surface area (Å²) in [5.41, 5.74) is 0.883. The number of hydrogen-bond donors (Lipinski definition) is 1. The van der Waals surface area contributed by atoms with E-state index in [0.29, 0.717) is 29.7 Å². The highest BCUT2D eigenvalue weighted by molar-refractivity contribution is 6.32. The molecule has 0 aliphatic carbocycles. The Hall–Kier alpha value is -2.01. The van der Waals surface area contributed by atoms with E-state index < -0.39 is 11.6 Å². The molecule has 2 aromatic rings. The molecule has 3 nitrogen and oxygen atoms in total. The second kappa shape index (κ2) is 5.77. The number of halogens is 3. The fourth-order valence-corrected chi connectivity index (χ4v) is 2.38. The largest absolute Gasteiger partial charge is 0.486 e. The van der Waals surface area contributed by atoms with Crippen molar-refractivity contribution < 1.29 is 18.3 Å². The third-order valence-electron chi connectivity index (χ3n) is 3.07. The Balaban J connectivity index is 1.79. The van der Waals surface area contributed by atoms with Crippen LogP contribution in [0, 0.1) is 11.6 Å². The van der Waals surface area contributed by atoms with Gasteiger partial charge >= 0.3 is 0 Å². The van der Waals surface area contributed by atoms with Crippen LogP contribution < -0.4 is 14.8 Å². The second-order valence-corrected chi connectivity index (χ2v) is 4.99. The van der Waals surface area contributed by atoms with Crippen molar-refractivity contribution in [3.8, 4) is 11.5 Å². The summed E-state index contributed by atoms with van der Waals surface area (Å²) in [6.07, 6.45) is 0. The summed E-state index contributed by atoms with van der Waals surface area (Å²) >= 11 is 6.12. The van der Waals surface area contributed by atoms with Crippen molar-refractivity contribution in [3.63, 3.8) is 0 Å². The van der Waals surface area contributed by atoms with Crippen LogP contribution in [0.4, 0.5) is 14.5 Å². The summed E-state index contributed by atoms with van der Waals surface area (Å²) in [6.45, 7) is 1.20. The van der Waals surface area contributed by atoms with E-state index in [4.69, 9.17) is 21.1 Å². The lowest BCUT2D eigenvalue weighted by Crippen LogP contribution is -2.16. The fraction of sp³-hybridized carbons (Fsp3) is 0.200. The summed E-state index contributed by atoms with van der Waals surface area (Å²) < 4.78 is 37.5. The molecular formula is C15H12ClF2NO2. The van der Waals surface area contributed by atoms with E-state index in [2.05, 4.69) is 5.32 Å². The third-order valence-corrected chi connectivity index (χ3v) is 3.35. The van der Waals surface area contributed by atoms with Gasteiger partial charge in [-0.1, -0.05) is 11.6 Å². The fourth-order valence-electron chi connectivity index (χ4n) is 2.10. The van der Waals surface area contributed by atoms with Gasteiger partial charge in [-0.25, -0.2) is 8.78 Å². The van der Waals surface area contributed by atoms with Gasteiger partial charge in [-0.3, -0.25) is 0 Å². The number of ether oxygens (including phenoxy) is 2. The Bertz CT molecular complexity index is 679. The Morgan fingerprint density at radius 3 is 2.76 bits per heavy atom. The van der Waals surface area contributed by atoms with Crippen molar-refractivity contribution in [2.24, 2.45) is 0 Å². The Morgan fingerprint density at radius 2 is 1.90 bits per heavy atom. The van der Waals surface area contributed by atoms with Crippen molar-refractivity contribution in [1.29, 1.82) is 0 Å². The zero-order valence-corrected chi connectivity index (χ0v) is 11.7. The molecule has 0 unspecified atom stereocenters. The first-order chi connectivity index (χ1) is 10.1. The van der Waals surface area contributed by atoms with Crippen LogP contribution in [0.2, 0.25) is 5.02 Å². The molecule has 0 fully saturated rings. The molecule has 6 heteroatoms. The number of anilines is 1. The Labute approximate surface area is 125 Å². The molecular weight excluding hydrogens is 300 g/mol. The van der Waals surface area contributed by atoms with Crippen LogP contribution in [0.5, 0.6) is 11.5 Å². The number of benzene rings is 2. The molecule has 1 heterocycles. The van der Waals surface area contributed by atoms with Crippen LogP contribution in [-0.2, 0) is 6.54 Å². The van der Waals surface area contributed by atoms with Crippen molar-refractivity contribution in [3.05, 3.63) is 52.6 Å². The number of nitrogens with one attached hydrogen (secondary N) is 1. The molecule has 1 aliphatic rings. The number of fused-ring (bicyclic) bond motifs is 1. The number of rotatable bonds is 3. The highest BCUT2D eigenvalue weighted by atomic mass is 35.5. The van der Waals surface area contributed by atoms with E-state index in [0.717, 1.165) is 23.8 Å². The van der Waals surface area contributed by atoms with Gasteiger partial charge in [-0.15, -0.1) is 0 Å². The summed E-state index contributed by atoms with van der Waals surface area (Å²) in [4.78, 5) is 0. The second-order valence-electron chi connectivity index (χ2n) is 4.58. The first kappa shape index (κ1) is 13.9. The van der Waals surface area contributed by atoms with Crippen LogP contribution in [0.15, 0.2) is 30.3 Å². The average Bonchev–Trinajstić information content (AvgIpc) is 2.48. The molecule has 0 saturated carbocycles. The minimum Gasteiger partial charge on any atom is -0.486 e. The van der Waals surface area contributed by atoms with E-state index in [-0.39, 0.29) is 12.2 Å². The zero-order valence-electron chi connectivity index (χ0n) is 11.0. The van der Waals surface area contributed by atoms with Gasteiger partial charge in [0.15, 0.2) is 11.5 Å². The lowest BCUT2D eigenvalue weighted by Gasteiger charge is -2.20. The van der Waals surface area contributed by atoms with Crippen molar-refractivity contribution in [1.82, 2.24) is 0 Å². The van der Waals surface area contributed by atoms with E-state index >= 15 is 0 Å². The monoisotopic (exact) mass is 311 g/mol. The lowest BCUT2D eigenvalue weighted by atomic mass is 10.2. The number of hydrogen-bond acceptors (Lipinski definition) is 3. The zero-order chi connectivity index (χ0) is 14.8. The quantitative estimate of drug-likeness (QED) is 0.929. The topological polar surface area (TPSA) is 30.5 Å². The summed E-state index contributed by atoms with van der Waals surface area (Å²) in [5.74, 6) is 0.0630. The van der Waals surface area contributed by atoms with Gasteiger partial charge in [0.1, 0.15) is 24.8 Å². The average molecular weight is 312 g/mol. The van der Waals surface area contributed by atoms with Crippen LogP contribution in [0.25, 0.3) is 0 Å². The summed E-state index contributed by atoms with van der Waals surface area (Å²) in [5, 5.41) is 3.27. The molecule has 0 atom stereocenters. The first-order valence-corrected chi connectivity index (χ1v) is 6.78. The molecule has 1 N–H and O–H groups in total. The van der Waals surface area contributed by atoms with E-state index in [9.17, 15) is 8.78 Å². The molecule has 0 saturated heterocycles. The predicted molar refractivity (Wildman–Crippen MR) is 76.1 cm³/mol. The van der Waals surface area contributed by atoms with Gasteiger partial charge < -0.3 is 14.8 Å². The highest BCUT2D eigenvalue weighted by Crippen LogP contribution is 2.38. The van der Waals surface area contributed by atoms with Crippen LogP contribution in [0.1, 0.15) is 5.56 Å². The Morgan fingerprint density at radius 1 is 1.10 bits per heavy atom. The lowest BCUT2D eigenvalue weighted by molar-refractivity contribution is 0.171. The van der Waals surface area contributed by atoms with Gasteiger partial charge in [0.2, 0.25) is 0 Å². The molecule has 3 rings (SSSR count). The molecule has 110 valence electrons. The molecule has 1 aliphatic heterocycles. The van der Waals surface area contributed by atoms with Crippen molar-refractivity contribution in [2.45, 2.75) is 6.54 Å². The van der Waals surface area contributed by atoms with Gasteiger partial charge in [0, 0.05) is 6.54 Å². The van der Waals surface area contributed by atoms with Crippen LogP contribution in [-0.4, -0.2) is 13.2 Å². The van der Waals surface area contributed by atoms with E-state index in [1.54, 1.807) is 12.1 Å². The van der Waals surface area contributed by atoms with Crippen LogP contribution >= 0.6 is 11.6 Å². The Kier molecular flexibility index (Phi) is 3.84. The molecule has 0 bridgehead atoms. The molecule has 0 radical (unpaired) electrons. The summed E-state index contributed by atoms with van der Waals surface area (Å²) in [7, 11) is 0. The third kappa shape index (κ3) is 3.03. The summed E-state index contributed by atoms with van der Waals surface area (Å²) in [6, 6.07) is 6.73. The van der Waals surface area contributed by atoms with E-state index in [1.165, 1.54) is 0 Å². The molecule has 0 aromatic heterocycles. The smallest absolute Gasteiger partial charge is 0.179 e. The normalized spacial score (nSPS) is 13.1. The van der Waals surface area contributed by atoms with Gasteiger partial charge in [-0.2, -0.15) is 0 Å². The highest BCUT2D eigenvalue weighted by Gasteiger charge is 2.16. The minimum atomic E-state index is -0.514.